The molecule has 0 bridgehead atoms. The zero-order chi connectivity index (χ0) is 12.3. The summed E-state index contributed by atoms with van der Waals surface area (Å²) in [6.45, 7) is 0. The normalized spacial score (nSPS) is 10.2. The monoisotopic (exact) mass is 266 g/mol. The lowest BCUT2D eigenvalue weighted by atomic mass is 10.1. The number of nitrogens with zero attached hydrogens (tertiary/aromatic N) is 1. The van der Waals surface area contributed by atoms with Crippen molar-refractivity contribution in [3.05, 3.63) is 42.5 Å². The molecule has 0 aliphatic rings. The SMILES string of the molecule is CONC(=S)N(Cl)c1cccc2ccccc12. The first kappa shape index (κ1) is 12.1. The van der Waals surface area contributed by atoms with E-state index in [1.807, 2.05) is 42.5 Å². The molecule has 0 amide bonds. The van der Waals surface area contributed by atoms with Crippen LogP contribution in [0.3, 0.4) is 0 Å². The van der Waals surface area contributed by atoms with Gasteiger partial charge in [0.15, 0.2) is 0 Å². The highest BCUT2D eigenvalue weighted by Gasteiger charge is 2.11. The summed E-state index contributed by atoms with van der Waals surface area (Å²) >= 11 is 11.2. The predicted molar refractivity (Wildman–Crippen MR) is 75.0 cm³/mol. The molecule has 0 heterocycles. The van der Waals surface area contributed by atoms with Crippen LogP contribution in [0.4, 0.5) is 5.69 Å². The number of nitrogens with one attached hydrogen (secondary N) is 1. The number of halogens is 1. The predicted octanol–water partition coefficient (Wildman–Crippen LogP) is 3.24. The maximum atomic E-state index is 6.16. The number of fused-ring (bicyclic) bond motifs is 1. The van der Waals surface area contributed by atoms with Crippen LogP contribution in [0.1, 0.15) is 0 Å². The molecule has 0 aromatic heterocycles. The van der Waals surface area contributed by atoms with E-state index in [0.717, 1.165) is 16.5 Å². The van der Waals surface area contributed by atoms with Crippen LogP contribution in [0.15, 0.2) is 42.5 Å². The molecule has 0 unspecified atom stereocenters. The van der Waals surface area contributed by atoms with Crippen molar-refractivity contribution in [2.45, 2.75) is 0 Å². The minimum Gasteiger partial charge on any atom is -0.277 e. The molecule has 2 aromatic carbocycles. The van der Waals surface area contributed by atoms with Gasteiger partial charge >= 0.3 is 0 Å². The van der Waals surface area contributed by atoms with Crippen LogP contribution in [0, 0.1) is 0 Å². The molecule has 1 N–H and O–H groups in total. The van der Waals surface area contributed by atoms with Crippen molar-refractivity contribution >= 4 is 45.6 Å². The summed E-state index contributed by atoms with van der Waals surface area (Å²) in [5.74, 6) is 0. The summed E-state index contributed by atoms with van der Waals surface area (Å²) in [5.41, 5.74) is 3.35. The Balaban J connectivity index is 2.44. The van der Waals surface area contributed by atoms with Gasteiger partial charge in [-0.3, -0.25) is 4.84 Å². The van der Waals surface area contributed by atoms with Crippen LogP contribution in [-0.2, 0) is 4.84 Å². The van der Waals surface area contributed by atoms with Crippen LogP contribution < -0.4 is 9.90 Å². The molecule has 17 heavy (non-hydrogen) atoms. The maximum Gasteiger partial charge on any atom is 0.212 e. The van der Waals surface area contributed by atoms with E-state index in [2.05, 4.69) is 5.48 Å². The Morgan fingerprint density at radius 3 is 2.71 bits per heavy atom. The smallest absolute Gasteiger partial charge is 0.212 e. The van der Waals surface area contributed by atoms with Gasteiger partial charge < -0.3 is 0 Å². The molecule has 0 aliphatic heterocycles. The van der Waals surface area contributed by atoms with Gasteiger partial charge in [0.05, 0.1) is 12.8 Å². The summed E-state index contributed by atoms with van der Waals surface area (Å²) in [6.07, 6.45) is 0. The third kappa shape index (κ3) is 2.49. The van der Waals surface area contributed by atoms with Gasteiger partial charge in [-0.25, -0.2) is 9.90 Å². The van der Waals surface area contributed by atoms with E-state index >= 15 is 0 Å². The number of benzene rings is 2. The van der Waals surface area contributed by atoms with Crippen molar-refractivity contribution in [2.75, 3.05) is 11.5 Å². The lowest BCUT2D eigenvalue weighted by Gasteiger charge is -2.18. The van der Waals surface area contributed by atoms with E-state index in [1.165, 1.54) is 11.5 Å². The van der Waals surface area contributed by atoms with E-state index in [-0.39, 0.29) is 0 Å². The molecule has 3 nitrogen and oxygen atoms in total. The molecule has 0 spiro atoms. The van der Waals surface area contributed by atoms with E-state index in [0.29, 0.717) is 5.11 Å². The molecule has 2 rings (SSSR count). The molecule has 0 saturated carbocycles. The standard InChI is InChI=1S/C12H11ClN2OS/c1-16-14-12(17)15(13)11-8-4-6-9-5-2-3-7-10(9)11/h2-8H,1H3,(H,14,17). The molecule has 0 saturated heterocycles. The molecule has 0 aliphatic carbocycles. The number of thiocarbonyl (C=S) groups is 1. The van der Waals surface area contributed by atoms with E-state index in [4.69, 9.17) is 28.8 Å². The number of anilines is 1. The van der Waals surface area contributed by atoms with Crippen LogP contribution in [0.2, 0.25) is 0 Å². The molecule has 5 heteroatoms. The minimum atomic E-state index is 0.297. The number of hydrogen-bond acceptors (Lipinski definition) is 2. The lowest BCUT2D eigenvalue weighted by molar-refractivity contribution is 0.146. The Morgan fingerprint density at radius 1 is 1.24 bits per heavy atom. The van der Waals surface area contributed by atoms with Gasteiger partial charge in [-0.1, -0.05) is 36.4 Å². The van der Waals surface area contributed by atoms with Crippen LogP contribution >= 0.6 is 24.0 Å². The Hall–Kier alpha value is -1.36. The van der Waals surface area contributed by atoms with Crippen molar-refractivity contribution in [1.29, 1.82) is 0 Å². The molecule has 0 atom stereocenters. The average Bonchev–Trinajstić information content (AvgIpc) is 2.37. The van der Waals surface area contributed by atoms with Crippen LogP contribution in [0.5, 0.6) is 0 Å². The van der Waals surface area contributed by atoms with Gasteiger partial charge in [0.2, 0.25) is 5.11 Å². The highest BCUT2D eigenvalue weighted by Crippen LogP contribution is 2.27. The molecule has 2 aromatic rings. The average molecular weight is 267 g/mol. The first-order valence-electron chi connectivity index (χ1n) is 5.00. The van der Waals surface area contributed by atoms with Gasteiger partial charge in [-0.2, -0.15) is 0 Å². The van der Waals surface area contributed by atoms with Crippen molar-refractivity contribution in [1.82, 2.24) is 5.48 Å². The largest absolute Gasteiger partial charge is 0.277 e. The molecule has 0 radical (unpaired) electrons. The number of hydrogen-bond donors (Lipinski definition) is 1. The third-order valence-corrected chi connectivity index (χ3v) is 3.06. The summed E-state index contributed by atoms with van der Waals surface area (Å²) in [4.78, 5) is 4.74. The number of hydroxylamine groups is 1. The maximum absolute atomic E-state index is 6.16. The first-order chi connectivity index (χ1) is 8.24. The van der Waals surface area contributed by atoms with Gasteiger partial charge in [0.1, 0.15) is 0 Å². The summed E-state index contributed by atoms with van der Waals surface area (Å²) in [7, 11) is 1.49. The fraction of sp³-hybridized carbons (Fsp3) is 0.0833. The van der Waals surface area contributed by atoms with Gasteiger partial charge in [-0.05, 0) is 23.7 Å². The summed E-state index contributed by atoms with van der Waals surface area (Å²) in [5, 5.41) is 2.44. The molecule has 0 fully saturated rings. The fourth-order valence-corrected chi connectivity index (χ4v) is 1.98. The van der Waals surface area contributed by atoms with E-state index < -0.39 is 0 Å². The second-order valence-electron chi connectivity index (χ2n) is 3.39. The summed E-state index contributed by atoms with van der Waals surface area (Å²) < 4.78 is 1.36. The number of rotatable bonds is 2. The third-order valence-electron chi connectivity index (χ3n) is 2.35. The van der Waals surface area contributed by atoms with Crippen molar-refractivity contribution in [2.24, 2.45) is 0 Å². The fourth-order valence-electron chi connectivity index (χ4n) is 1.62. The Labute approximate surface area is 110 Å². The Bertz CT molecular complexity index is 542. The van der Waals surface area contributed by atoms with E-state index in [1.54, 1.807) is 0 Å². The Kier molecular flexibility index (Phi) is 3.78. The van der Waals surface area contributed by atoms with Gasteiger partial charge in [0, 0.05) is 17.2 Å². The second-order valence-corrected chi connectivity index (χ2v) is 4.12. The Morgan fingerprint density at radius 2 is 1.94 bits per heavy atom. The first-order valence-corrected chi connectivity index (χ1v) is 5.75. The zero-order valence-corrected chi connectivity index (χ0v) is 10.8. The van der Waals surface area contributed by atoms with Crippen LogP contribution in [0.25, 0.3) is 10.8 Å². The molecular formula is C12H11ClN2OS. The lowest BCUT2D eigenvalue weighted by Crippen LogP contribution is -2.32. The second kappa shape index (κ2) is 5.31. The highest BCUT2D eigenvalue weighted by atomic mass is 35.5. The van der Waals surface area contributed by atoms with Gasteiger partial charge in [0.25, 0.3) is 0 Å². The quantitative estimate of drug-likeness (QED) is 0.512. The van der Waals surface area contributed by atoms with E-state index in [9.17, 15) is 0 Å². The van der Waals surface area contributed by atoms with Crippen molar-refractivity contribution in [3.8, 4) is 0 Å². The summed E-state index contributed by atoms with van der Waals surface area (Å²) in [6, 6.07) is 13.8. The molecule has 88 valence electrons. The minimum absolute atomic E-state index is 0.297. The topological polar surface area (TPSA) is 24.5 Å². The highest BCUT2D eigenvalue weighted by molar-refractivity contribution is 7.80. The van der Waals surface area contributed by atoms with Crippen molar-refractivity contribution in [3.63, 3.8) is 0 Å². The van der Waals surface area contributed by atoms with Crippen molar-refractivity contribution < 1.29 is 4.84 Å². The zero-order valence-electron chi connectivity index (χ0n) is 9.18. The van der Waals surface area contributed by atoms with Gasteiger partial charge in [-0.15, -0.1) is 0 Å². The molecular weight excluding hydrogens is 256 g/mol. The van der Waals surface area contributed by atoms with Crippen LogP contribution in [-0.4, -0.2) is 12.2 Å².